The van der Waals surface area contributed by atoms with E-state index in [2.05, 4.69) is 15.6 Å². The molecule has 0 bridgehead atoms. The van der Waals surface area contributed by atoms with Crippen LogP contribution in [0.4, 0.5) is 23.2 Å². The van der Waals surface area contributed by atoms with Crippen LogP contribution in [0.1, 0.15) is 34.0 Å². The third-order valence-corrected chi connectivity index (χ3v) is 4.51. The molecule has 8 N–H and O–H groups in total. The van der Waals surface area contributed by atoms with Gasteiger partial charge in [0.2, 0.25) is 5.91 Å². The van der Waals surface area contributed by atoms with Crippen LogP contribution in [0, 0.1) is 5.82 Å². The van der Waals surface area contributed by atoms with Crippen molar-refractivity contribution in [3.63, 3.8) is 0 Å². The van der Waals surface area contributed by atoms with Gasteiger partial charge in [-0.1, -0.05) is 12.1 Å². The Morgan fingerprint density at radius 2 is 1.69 bits per heavy atom. The number of aliphatic hydroxyl groups is 1. The number of halogens is 4. The van der Waals surface area contributed by atoms with E-state index in [9.17, 15) is 37.1 Å². The highest BCUT2D eigenvalue weighted by Gasteiger charge is 2.32. The number of hydrogen-bond donors (Lipinski definition) is 6. The second kappa shape index (κ2) is 11.3. The van der Waals surface area contributed by atoms with Gasteiger partial charge >= 0.3 is 12.1 Å². The van der Waals surface area contributed by atoms with Gasteiger partial charge in [0, 0.05) is 5.56 Å². The van der Waals surface area contributed by atoms with Gasteiger partial charge in [0.1, 0.15) is 5.82 Å². The van der Waals surface area contributed by atoms with E-state index >= 15 is 0 Å². The number of carboxylic acids is 1. The fourth-order valence-corrected chi connectivity index (χ4v) is 2.96. The molecule has 0 heterocycles. The summed E-state index contributed by atoms with van der Waals surface area (Å²) in [5.74, 6) is -4.52. The zero-order valence-electron chi connectivity index (χ0n) is 17.8. The molecule has 0 spiro atoms. The first-order chi connectivity index (χ1) is 16.3. The average molecular weight is 499 g/mol. The molecule has 0 radical (unpaired) electrons. The molecule has 2 atom stereocenters. The van der Waals surface area contributed by atoms with Crippen molar-refractivity contribution in [1.82, 2.24) is 10.6 Å². The number of carbonyl (C=O) groups is 3. The van der Waals surface area contributed by atoms with Crippen LogP contribution in [0.15, 0.2) is 47.5 Å². The molecule has 0 aliphatic rings. The predicted octanol–water partition coefficient (Wildman–Crippen LogP) is 1.17. The minimum absolute atomic E-state index is 0.123. The van der Waals surface area contributed by atoms with Crippen LogP contribution in [0.25, 0.3) is 0 Å². The van der Waals surface area contributed by atoms with Crippen LogP contribution in [0.3, 0.4) is 0 Å². The highest BCUT2D eigenvalue weighted by Crippen LogP contribution is 2.32. The summed E-state index contributed by atoms with van der Waals surface area (Å²) in [4.78, 5) is 39.3. The number of nitrogens with zero attached hydrogens (tertiary/aromatic N) is 1. The minimum atomic E-state index is -4.82. The molecule has 14 heteroatoms. The Bertz CT molecular complexity index is 1120. The third kappa shape index (κ3) is 8.26. The number of hydrogen-bond acceptors (Lipinski definition) is 5. The van der Waals surface area contributed by atoms with E-state index in [1.165, 1.54) is 12.1 Å². The van der Waals surface area contributed by atoms with Crippen LogP contribution in [0.5, 0.6) is 0 Å². The Balaban J connectivity index is 2.13. The number of rotatable bonds is 9. The first-order valence-corrected chi connectivity index (χ1v) is 9.81. The van der Waals surface area contributed by atoms with E-state index in [-0.39, 0.29) is 11.3 Å². The lowest BCUT2D eigenvalue weighted by Crippen LogP contribution is -2.45. The van der Waals surface area contributed by atoms with Crippen LogP contribution >= 0.6 is 0 Å². The van der Waals surface area contributed by atoms with E-state index < -0.39 is 72.0 Å². The normalized spacial score (nSPS) is 12.8. The van der Waals surface area contributed by atoms with Crippen molar-refractivity contribution in [3.8, 4) is 0 Å². The summed E-state index contributed by atoms with van der Waals surface area (Å²) in [7, 11) is 0. The summed E-state index contributed by atoms with van der Waals surface area (Å²) < 4.78 is 52.5. The number of aliphatic imine (C=N–C) groups is 1. The molecule has 2 amide bonds. The number of amides is 2. The molecule has 0 fully saturated rings. The van der Waals surface area contributed by atoms with E-state index in [4.69, 9.17) is 16.6 Å². The van der Waals surface area contributed by atoms with Crippen molar-refractivity contribution in [3.05, 3.63) is 65.0 Å². The first kappa shape index (κ1) is 27.0. The molecular weight excluding hydrogens is 478 g/mol. The average Bonchev–Trinajstić information content (AvgIpc) is 2.75. The van der Waals surface area contributed by atoms with Crippen molar-refractivity contribution in [2.75, 3.05) is 6.54 Å². The van der Waals surface area contributed by atoms with Gasteiger partial charge in [-0.15, -0.1) is 0 Å². The molecule has 0 aliphatic carbocycles. The molecule has 10 nitrogen and oxygen atoms in total. The van der Waals surface area contributed by atoms with Gasteiger partial charge in [-0.3, -0.25) is 14.4 Å². The van der Waals surface area contributed by atoms with Gasteiger partial charge in [0.15, 0.2) is 5.96 Å². The van der Waals surface area contributed by atoms with Crippen molar-refractivity contribution < 1.29 is 42.2 Å². The quantitative estimate of drug-likeness (QED) is 0.170. The number of aliphatic hydroxyl groups excluding tert-OH is 1. The van der Waals surface area contributed by atoms with Crippen molar-refractivity contribution >= 4 is 29.4 Å². The number of carbonyl (C=O) groups excluding carboxylic acids is 2. The smallest absolute Gasteiger partial charge is 0.416 e. The fraction of sp³-hybridized carbons (Fsp3) is 0.238. The second-order valence-corrected chi connectivity index (χ2v) is 7.25. The maximum atomic E-state index is 13.1. The summed E-state index contributed by atoms with van der Waals surface area (Å²) in [5, 5.41) is 23.8. The molecule has 0 saturated heterocycles. The molecule has 2 unspecified atom stereocenters. The Labute approximate surface area is 195 Å². The van der Waals surface area contributed by atoms with Gasteiger partial charge in [-0.25, -0.2) is 9.38 Å². The molecule has 0 saturated carbocycles. The largest absolute Gasteiger partial charge is 0.481 e. The Kier molecular flexibility index (Phi) is 8.72. The summed E-state index contributed by atoms with van der Waals surface area (Å²) in [6, 6.07) is 5.22. The first-order valence-electron chi connectivity index (χ1n) is 9.81. The summed E-state index contributed by atoms with van der Waals surface area (Å²) in [6.45, 7) is -0.765. The topological polar surface area (TPSA) is 180 Å². The third-order valence-electron chi connectivity index (χ3n) is 4.51. The Hall–Kier alpha value is -4.20. The predicted molar refractivity (Wildman–Crippen MR) is 115 cm³/mol. The maximum Gasteiger partial charge on any atom is 0.416 e. The zero-order valence-corrected chi connectivity index (χ0v) is 17.8. The number of guanidine groups is 1. The SMILES string of the molecule is NC(N)=Nc1cc(C(=O)NCC(=O)NC(CC(=O)O)C(O)c2ccc(F)cc2)cc(C(F)(F)F)c1. The molecule has 2 aromatic carbocycles. The molecule has 2 rings (SSSR count). The summed E-state index contributed by atoms with van der Waals surface area (Å²) >= 11 is 0. The second-order valence-electron chi connectivity index (χ2n) is 7.25. The standard InChI is InChI=1S/C21H21F4N5O5/c22-13-3-1-10(2-4-13)18(34)15(8-17(32)33)30-16(31)9-28-19(35)11-5-12(21(23,24)25)7-14(6-11)29-20(26)27/h1-7,15,18,34H,8-9H2,(H,28,35)(H,30,31)(H,32,33)(H4,26,27,29). The van der Waals surface area contributed by atoms with Gasteiger partial charge in [0.25, 0.3) is 5.91 Å². The van der Waals surface area contributed by atoms with Gasteiger partial charge in [-0.2, -0.15) is 13.2 Å². The van der Waals surface area contributed by atoms with Crippen molar-refractivity contribution in [2.24, 2.45) is 16.5 Å². The molecule has 2 aromatic rings. The number of benzene rings is 2. The number of alkyl halides is 3. The van der Waals surface area contributed by atoms with E-state index in [0.29, 0.717) is 12.1 Å². The van der Waals surface area contributed by atoms with E-state index in [1.54, 1.807) is 0 Å². The Morgan fingerprint density at radius 1 is 1.06 bits per heavy atom. The monoisotopic (exact) mass is 499 g/mol. The number of nitrogens with two attached hydrogens (primary N) is 2. The van der Waals surface area contributed by atoms with Crippen LogP contribution in [-0.2, 0) is 15.8 Å². The summed E-state index contributed by atoms with van der Waals surface area (Å²) in [6.07, 6.45) is -7.06. The van der Waals surface area contributed by atoms with E-state index in [1.807, 2.05) is 0 Å². The number of carboxylic acid groups (broad SMARTS) is 1. The van der Waals surface area contributed by atoms with Crippen LogP contribution in [0.2, 0.25) is 0 Å². The van der Waals surface area contributed by atoms with Gasteiger partial charge < -0.3 is 32.3 Å². The van der Waals surface area contributed by atoms with Crippen molar-refractivity contribution in [1.29, 1.82) is 0 Å². The lowest BCUT2D eigenvalue weighted by molar-refractivity contribution is -0.139. The van der Waals surface area contributed by atoms with Crippen LogP contribution in [-0.4, -0.2) is 46.5 Å². The highest BCUT2D eigenvalue weighted by atomic mass is 19.4. The highest BCUT2D eigenvalue weighted by molar-refractivity contribution is 5.97. The van der Waals surface area contributed by atoms with Gasteiger partial charge in [0.05, 0.1) is 36.4 Å². The number of nitrogens with one attached hydrogen (secondary N) is 2. The fourth-order valence-electron chi connectivity index (χ4n) is 2.96. The molecule has 0 aliphatic heterocycles. The molecule has 188 valence electrons. The number of aliphatic carboxylic acids is 1. The lowest BCUT2D eigenvalue weighted by atomic mass is 9.99. The zero-order chi connectivity index (χ0) is 26.3. The Morgan fingerprint density at radius 3 is 2.23 bits per heavy atom. The molecule has 0 aromatic heterocycles. The maximum absolute atomic E-state index is 13.1. The molecule has 35 heavy (non-hydrogen) atoms. The minimum Gasteiger partial charge on any atom is -0.481 e. The van der Waals surface area contributed by atoms with E-state index in [0.717, 1.165) is 18.2 Å². The molecular formula is C21H21F4N5O5. The van der Waals surface area contributed by atoms with Crippen LogP contribution < -0.4 is 22.1 Å². The lowest BCUT2D eigenvalue weighted by Gasteiger charge is -2.23. The summed E-state index contributed by atoms with van der Waals surface area (Å²) in [5.41, 5.74) is 8.42. The van der Waals surface area contributed by atoms with Gasteiger partial charge in [-0.05, 0) is 35.9 Å². The van der Waals surface area contributed by atoms with Crippen molar-refractivity contribution in [2.45, 2.75) is 24.7 Å².